The number of benzene rings is 1. The predicted molar refractivity (Wildman–Crippen MR) is 92.5 cm³/mol. The molecule has 0 spiro atoms. The van der Waals surface area contributed by atoms with E-state index in [-0.39, 0.29) is 11.9 Å². The van der Waals surface area contributed by atoms with Crippen LogP contribution in [-0.4, -0.2) is 35.0 Å². The predicted octanol–water partition coefficient (Wildman–Crippen LogP) is 1.87. The van der Waals surface area contributed by atoms with Gasteiger partial charge < -0.3 is 16.0 Å². The molecule has 2 aliphatic rings. The fourth-order valence-electron chi connectivity index (χ4n) is 3.31. The Morgan fingerprint density at radius 3 is 2.71 bits per heavy atom. The van der Waals surface area contributed by atoms with Gasteiger partial charge in [-0.05, 0) is 24.9 Å². The van der Waals surface area contributed by atoms with Gasteiger partial charge in [-0.15, -0.1) is 0 Å². The molecule has 2 unspecified atom stereocenters. The summed E-state index contributed by atoms with van der Waals surface area (Å²) < 4.78 is 0. The largest absolute Gasteiger partial charge is 0.365 e. The number of rotatable bonds is 4. The molecule has 0 radical (unpaired) electrons. The molecule has 0 saturated carbocycles. The number of carbonyl (C=O) groups excluding carboxylic acids is 1. The van der Waals surface area contributed by atoms with Crippen LogP contribution in [0.2, 0.25) is 0 Å². The highest BCUT2D eigenvalue weighted by molar-refractivity contribution is 5.78. The number of amides is 1. The van der Waals surface area contributed by atoms with Crippen molar-refractivity contribution in [3.8, 4) is 11.3 Å². The third kappa shape index (κ3) is 3.23. The number of nitrogens with zero attached hydrogens (tertiary/aromatic N) is 2. The Morgan fingerprint density at radius 1 is 1.12 bits per heavy atom. The number of anilines is 1. The molecule has 4 rings (SSSR count). The number of aromatic nitrogens is 2. The monoisotopic (exact) mass is 323 g/mol. The van der Waals surface area contributed by atoms with Crippen molar-refractivity contribution in [3.63, 3.8) is 0 Å². The smallest absolute Gasteiger partial charge is 0.220 e. The van der Waals surface area contributed by atoms with Crippen molar-refractivity contribution in [3.05, 3.63) is 42.2 Å². The minimum Gasteiger partial charge on any atom is -0.365 e. The second-order valence-electron chi connectivity index (χ2n) is 6.40. The molecule has 1 amide bonds. The zero-order chi connectivity index (χ0) is 16.4. The summed E-state index contributed by atoms with van der Waals surface area (Å²) in [6.07, 6.45) is 6.14. The van der Waals surface area contributed by atoms with E-state index in [9.17, 15) is 4.79 Å². The quantitative estimate of drug-likeness (QED) is 0.800. The molecule has 2 aromatic rings. The first-order valence-electron chi connectivity index (χ1n) is 8.47. The van der Waals surface area contributed by atoms with E-state index in [2.05, 4.69) is 38.1 Å². The lowest BCUT2D eigenvalue weighted by Crippen LogP contribution is -2.22. The van der Waals surface area contributed by atoms with Crippen molar-refractivity contribution >= 4 is 11.7 Å². The summed E-state index contributed by atoms with van der Waals surface area (Å²) in [4.78, 5) is 20.3. The second kappa shape index (κ2) is 6.57. The number of hydrogen-bond acceptors (Lipinski definition) is 5. The van der Waals surface area contributed by atoms with Crippen LogP contribution in [0.4, 0.5) is 5.82 Å². The molecule has 3 heterocycles. The molecule has 2 saturated heterocycles. The Labute approximate surface area is 141 Å². The fraction of sp³-hybridized carbons (Fsp3) is 0.389. The fourth-order valence-corrected chi connectivity index (χ4v) is 3.31. The molecule has 0 bridgehead atoms. The van der Waals surface area contributed by atoms with E-state index in [0.717, 1.165) is 48.6 Å². The first-order valence-corrected chi connectivity index (χ1v) is 8.47. The van der Waals surface area contributed by atoms with Crippen molar-refractivity contribution in [1.29, 1.82) is 0 Å². The average Bonchev–Trinajstić information content (AvgIpc) is 3.27. The molecule has 124 valence electrons. The lowest BCUT2D eigenvalue weighted by Gasteiger charge is -2.13. The molecule has 3 N–H and O–H groups in total. The van der Waals surface area contributed by atoms with Gasteiger partial charge in [-0.2, -0.15) is 0 Å². The van der Waals surface area contributed by atoms with Crippen LogP contribution in [0.3, 0.4) is 0 Å². The molecule has 1 aromatic heterocycles. The Balaban J connectivity index is 1.49. The highest BCUT2D eigenvalue weighted by Crippen LogP contribution is 2.26. The van der Waals surface area contributed by atoms with Gasteiger partial charge in [-0.1, -0.05) is 24.3 Å². The highest BCUT2D eigenvalue weighted by Gasteiger charge is 2.22. The van der Waals surface area contributed by atoms with E-state index in [0.29, 0.717) is 12.5 Å². The second-order valence-corrected chi connectivity index (χ2v) is 6.40. The van der Waals surface area contributed by atoms with Gasteiger partial charge in [0.15, 0.2) is 0 Å². The van der Waals surface area contributed by atoms with E-state index in [1.807, 2.05) is 12.1 Å². The summed E-state index contributed by atoms with van der Waals surface area (Å²) in [5, 5.41) is 9.76. The highest BCUT2D eigenvalue weighted by atomic mass is 16.1. The van der Waals surface area contributed by atoms with Gasteiger partial charge in [0.25, 0.3) is 0 Å². The molecule has 0 aliphatic carbocycles. The van der Waals surface area contributed by atoms with E-state index in [4.69, 9.17) is 0 Å². The van der Waals surface area contributed by atoms with Gasteiger partial charge in [0.1, 0.15) is 5.82 Å². The zero-order valence-corrected chi connectivity index (χ0v) is 13.5. The summed E-state index contributed by atoms with van der Waals surface area (Å²) >= 11 is 0. The van der Waals surface area contributed by atoms with Crippen LogP contribution >= 0.6 is 0 Å². The van der Waals surface area contributed by atoms with Crippen molar-refractivity contribution in [2.24, 2.45) is 0 Å². The van der Waals surface area contributed by atoms with Gasteiger partial charge in [0.2, 0.25) is 5.91 Å². The minimum absolute atomic E-state index is 0.134. The number of nitrogens with one attached hydrogen (secondary N) is 3. The topological polar surface area (TPSA) is 78.9 Å². The number of carbonyl (C=O) groups is 1. The maximum Gasteiger partial charge on any atom is 0.220 e. The SMILES string of the molecule is O=C1CCC(c2ccc(-c3cncc(NC4CCNC4)n3)cc2)N1. The molecular weight excluding hydrogens is 302 g/mol. The van der Waals surface area contributed by atoms with Crippen LogP contribution in [0.15, 0.2) is 36.7 Å². The lowest BCUT2D eigenvalue weighted by atomic mass is 10.0. The molecule has 24 heavy (non-hydrogen) atoms. The maximum atomic E-state index is 11.4. The first-order chi connectivity index (χ1) is 11.8. The van der Waals surface area contributed by atoms with Crippen LogP contribution in [0.25, 0.3) is 11.3 Å². The van der Waals surface area contributed by atoms with Crippen molar-refractivity contribution in [1.82, 2.24) is 20.6 Å². The summed E-state index contributed by atoms with van der Waals surface area (Å²) in [6.45, 7) is 2.01. The normalized spacial score (nSPS) is 23.2. The first kappa shape index (κ1) is 15.1. The van der Waals surface area contributed by atoms with Crippen molar-refractivity contribution in [2.45, 2.75) is 31.3 Å². The molecule has 2 atom stereocenters. The Hall–Kier alpha value is -2.47. The molecule has 6 heteroatoms. The summed E-state index contributed by atoms with van der Waals surface area (Å²) in [6, 6.07) is 8.78. The van der Waals surface area contributed by atoms with Crippen molar-refractivity contribution < 1.29 is 4.79 Å². The average molecular weight is 323 g/mol. The summed E-state index contributed by atoms with van der Waals surface area (Å²) in [5.74, 6) is 0.948. The number of hydrogen-bond donors (Lipinski definition) is 3. The van der Waals surface area contributed by atoms with Crippen LogP contribution in [-0.2, 0) is 4.79 Å². The van der Waals surface area contributed by atoms with E-state index in [1.54, 1.807) is 12.4 Å². The van der Waals surface area contributed by atoms with Gasteiger partial charge in [0.05, 0.1) is 24.1 Å². The van der Waals surface area contributed by atoms with Gasteiger partial charge in [-0.25, -0.2) is 4.98 Å². The zero-order valence-electron chi connectivity index (χ0n) is 13.5. The standard InChI is InChI=1S/C18H21N5O/c24-18-6-5-15(23-18)12-1-3-13(4-2-12)16-10-20-11-17(22-16)21-14-7-8-19-9-14/h1-4,10-11,14-15,19H,5-9H2,(H,21,22)(H,23,24). The Kier molecular flexibility index (Phi) is 4.13. The molecular formula is C18H21N5O. The molecule has 2 aliphatic heterocycles. The summed E-state index contributed by atoms with van der Waals surface area (Å²) in [7, 11) is 0. The lowest BCUT2D eigenvalue weighted by molar-refractivity contribution is -0.119. The third-order valence-corrected chi connectivity index (χ3v) is 4.65. The Morgan fingerprint density at radius 2 is 2.00 bits per heavy atom. The van der Waals surface area contributed by atoms with E-state index >= 15 is 0 Å². The summed E-state index contributed by atoms with van der Waals surface area (Å²) in [5.41, 5.74) is 3.03. The third-order valence-electron chi connectivity index (χ3n) is 4.65. The Bertz CT molecular complexity index is 724. The van der Waals surface area contributed by atoms with Crippen LogP contribution < -0.4 is 16.0 Å². The molecule has 2 fully saturated rings. The van der Waals surface area contributed by atoms with Crippen LogP contribution in [0.5, 0.6) is 0 Å². The van der Waals surface area contributed by atoms with Gasteiger partial charge in [-0.3, -0.25) is 9.78 Å². The molecule has 1 aromatic carbocycles. The van der Waals surface area contributed by atoms with E-state index < -0.39 is 0 Å². The maximum absolute atomic E-state index is 11.4. The van der Waals surface area contributed by atoms with Gasteiger partial charge in [0, 0.05) is 24.6 Å². The minimum atomic E-state index is 0.134. The van der Waals surface area contributed by atoms with Gasteiger partial charge >= 0.3 is 0 Å². The van der Waals surface area contributed by atoms with Crippen molar-refractivity contribution in [2.75, 3.05) is 18.4 Å². The van der Waals surface area contributed by atoms with E-state index in [1.165, 1.54) is 0 Å². The van der Waals surface area contributed by atoms with Crippen LogP contribution in [0, 0.1) is 0 Å². The molecule has 6 nitrogen and oxygen atoms in total. The van der Waals surface area contributed by atoms with Crippen LogP contribution in [0.1, 0.15) is 30.9 Å².